The fraction of sp³-hybridized carbons (Fsp3) is 0.550. The average molecular weight is 355 g/mol. The lowest BCUT2D eigenvalue weighted by atomic mass is 9.96. The first-order chi connectivity index (χ1) is 12.6. The zero-order chi connectivity index (χ0) is 18.4. The maximum atomic E-state index is 12.7. The predicted octanol–water partition coefficient (Wildman–Crippen LogP) is 2.18. The van der Waals surface area contributed by atoms with Crippen LogP contribution < -0.4 is 0 Å². The highest BCUT2D eigenvalue weighted by molar-refractivity contribution is 5.76. The van der Waals surface area contributed by atoms with Crippen LogP contribution in [0.2, 0.25) is 0 Å². The van der Waals surface area contributed by atoms with Crippen LogP contribution in [0.4, 0.5) is 0 Å². The topological polar surface area (TPSA) is 54.3 Å². The van der Waals surface area contributed by atoms with Gasteiger partial charge >= 0.3 is 0 Å². The molecular weight excluding hydrogens is 326 g/mol. The Bertz CT molecular complexity index is 697. The van der Waals surface area contributed by atoms with E-state index in [-0.39, 0.29) is 5.91 Å². The van der Waals surface area contributed by atoms with Crippen LogP contribution in [0.1, 0.15) is 36.6 Å². The van der Waals surface area contributed by atoms with E-state index in [1.807, 2.05) is 29.4 Å². The molecule has 0 aliphatic carbocycles. The molecule has 26 heavy (non-hydrogen) atoms. The molecule has 0 N–H and O–H groups in total. The lowest BCUT2D eigenvalue weighted by molar-refractivity contribution is -0.132. The molecule has 6 nitrogen and oxygen atoms in total. The smallest absolute Gasteiger partial charge is 0.222 e. The van der Waals surface area contributed by atoms with Crippen molar-refractivity contribution in [2.24, 2.45) is 0 Å². The molecule has 1 saturated heterocycles. The van der Waals surface area contributed by atoms with E-state index in [1.54, 1.807) is 6.20 Å². The maximum Gasteiger partial charge on any atom is 0.222 e. The summed E-state index contributed by atoms with van der Waals surface area (Å²) in [5, 5.41) is 0. The molecule has 1 aliphatic rings. The molecule has 0 radical (unpaired) electrons. The van der Waals surface area contributed by atoms with Crippen LogP contribution in [0.3, 0.4) is 0 Å². The van der Waals surface area contributed by atoms with Gasteiger partial charge in [-0.1, -0.05) is 6.07 Å². The monoisotopic (exact) mass is 355 g/mol. The molecule has 140 valence electrons. The number of pyridine rings is 1. The zero-order valence-corrected chi connectivity index (χ0v) is 15.8. The van der Waals surface area contributed by atoms with Crippen LogP contribution in [0, 0.1) is 0 Å². The zero-order valence-electron chi connectivity index (χ0n) is 15.8. The van der Waals surface area contributed by atoms with E-state index < -0.39 is 0 Å². The van der Waals surface area contributed by atoms with Crippen LogP contribution in [0.15, 0.2) is 36.9 Å². The minimum absolute atomic E-state index is 0.241. The van der Waals surface area contributed by atoms with E-state index in [9.17, 15) is 4.79 Å². The van der Waals surface area contributed by atoms with Gasteiger partial charge in [0.2, 0.25) is 5.91 Å². The highest BCUT2D eigenvalue weighted by Crippen LogP contribution is 2.26. The number of likely N-dealkylation sites (tertiary alicyclic amines) is 1. The summed E-state index contributed by atoms with van der Waals surface area (Å²) in [6, 6.07) is 3.95. The van der Waals surface area contributed by atoms with Crippen LogP contribution in [0.25, 0.3) is 0 Å². The Hall–Kier alpha value is -2.21. The minimum Gasteiger partial charge on any atom is -0.342 e. The SMILES string of the molecule is CN(C)CCn1ccnc1[C@H]1CCCN(C(=O)CCc2cccnc2)C1. The number of rotatable bonds is 7. The Morgan fingerprint density at radius 2 is 2.23 bits per heavy atom. The molecule has 1 atom stereocenters. The molecule has 0 unspecified atom stereocenters. The highest BCUT2D eigenvalue weighted by Gasteiger charge is 2.27. The Labute approximate surface area is 155 Å². The minimum atomic E-state index is 0.241. The number of likely N-dealkylation sites (N-methyl/N-ethyl adjacent to an activating group) is 1. The van der Waals surface area contributed by atoms with Gasteiger partial charge in [-0.3, -0.25) is 9.78 Å². The van der Waals surface area contributed by atoms with E-state index >= 15 is 0 Å². The lowest BCUT2D eigenvalue weighted by Gasteiger charge is -2.33. The van der Waals surface area contributed by atoms with E-state index in [2.05, 4.69) is 39.7 Å². The molecule has 0 saturated carbocycles. The van der Waals surface area contributed by atoms with Gasteiger partial charge in [0.05, 0.1) is 0 Å². The largest absolute Gasteiger partial charge is 0.342 e. The molecule has 2 aromatic heterocycles. The molecule has 1 aliphatic heterocycles. The second-order valence-corrected chi connectivity index (χ2v) is 7.32. The quantitative estimate of drug-likeness (QED) is 0.764. The molecule has 6 heteroatoms. The van der Waals surface area contributed by atoms with Crippen molar-refractivity contribution in [1.82, 2.24) is 24.3 Å². The molecule has 0 aromatic carbocycles. The van der Waals surface area contributed by atoms with Gasteiger partial charge in [-0.05, 0) is 45.0 Å². The van der Waals surface area contributed by atoms with E-state index in [1.165, 1.54) is 0 Å². The van der Waals surface area contributed by atoms with E-state index in [0.717, 1.165) is 56.8 Å². The summed E-state index contributed by atoms with van der Waals surface area (Å²) < 4.78 is 2.24. The first kappa shape index (κ1) is 18.6. The standard InChI is InChI=1S/C20H29N5O/c1-23(2)13-14-24-12-10-22-20(24)18-6-4-11-25(16-18)19(26)8-7-17-5-3-9-21-15-17/h3,5,9-10,12,15,18H,4,6-8,11,13-14,16H2,1-2H3/t18-/m0/s1. The van der Waals surface area contributed by atoms with Crippen LogP contribution >= 0.6 is 0 Å². The molecule has 1 fully saturated rings. The van der Waals surface area contributed by atoms with Gasteiger partial charge in [0, 0.05) is 63.3 Å². The van der Waals surface area contributed by atoms with Gasteiger partial charge in [-0.15, -0.1) is 0 Å². The van der Waals surface area contributed by atoms with E-state index in [0.29, 0.717) is 12.3 Å². The van der Waals surface area contributed by atoms with Crippen molar-refractivity contribution in [1.29, 1.82) is 0 Å². The Morgan fingerprint density at radius 1 is 1.35 bits per heavy atom. The number of hydrogen-bond donors (Lipinski definition) is 0. The molecule has 2 aromatic rings. The molecule has 3 rings (SSSR count). The van der Waals surface area contributed by atoms with Gasteiger partial charge in [0.1, 0.15) is 5.82 Å². The number of carbonyl (C=O) groups is 1. The molecule has 0 bridgehead atoms. The molecule has 3 heterocycles. The van der Waals surface area contributed by atoms with Gasteiger partial charge in [-0.25, -0.2) is 4.98 Å². The highest BCUT2D eigenvalue weighted by atomic mass is 16.2. The summed E-state index contributed by atoms with van der Waals surface area (Å²) in [6.07, 6.45) is 11.0. The number of amides is 1. The fourth-order valence-electron chi connectivity index (χ4n) is 3.55. The third kappa shape index (κ3) is 4.91. The third-order valence-electron chi connectivity index (χ3n) is 5.03. The van der Waals surface area contributed by atoms with Crippen molar-refractivity contribution >= 4 is 5.91 Å². The Morgan fingerprint density at radius 3 is 3.00 bits per heavy atom. The second kappa shape index (κ2) is 8.94. The Kier molecular flexibility index (Phi) is 6.39. The number of piperidine rings is 1. The molecule has 0 spiro atoms. The van der Waals surface area contributed by atoms with Gasteiger partial charge in [-0.2, -0.15) is 0 Å². The van der Waals surface area contributed by atoms with Crippen molar-refractivity contribution < 1.29 is 4.79 Å². The van der Waals surface area contributed by atoms with Crippen molar-refractivity contribution in [2.45, 2.75) is 38.1 Å². The number of hydrogen-bond acceptors (Lipinski definition) is 4. The first-order valence-electron chi connectivity index (χ1n) is 9.46. The summed E-state index contributed by atoms with van der Waals surface area (Å²) in [4.78, 5) is 25.6. The van der Waals surface area contributed by atoms with Crippen molar-refractivity contribution in [2.75, 3.05) is 33.7 Å². The third-order valence-corrected chi connectivity index (χ3v) is 5.03. The Balaban J connectivity index is 1.57. The maximum absolute atomic E-state index is 12.7. The second-order valence-electron chi connectivity index (χ2n) is 7.32. The van der Waals surface area contributed by atoms with Crippen LogP contribution in [0.5, 0.6) is 0 Å². The fourth-order valence-corrected chi connectivity index (χ4v) is 3.55. The predicted molar refractivity (Wildman–Crippen MR) is 102 cm³/mol. The van der Waals surface area contributed by atoms with Crippen LogP contribution in [-0.2, 0) is 17.8 Å². The number of aryl methyl sites for hydroxylation is 1. The number of aromatic nitrogens is 3. The lowest BCUT2D eigenvalue weighted by Crippen LogP contribution is -2.40. The number of carbonyl (C=O) groups excluding carboxylic acids is 1. The van der Waals surface area contributed by atoms with Crippen molar-refractivity contribution in [3.63, 3.8) is 0 Å². The van der Waals surface area contributed by atoms with E-state index in [4.69, 9.17) is 0 Å². The normalized spacial score (nSPS) is 17.7. The molecular formula is C20H29N5O. The van der Waals surface area contributed by atoms with Crippen molar-refractivity contribution in [3.8, 4) is 0 Å². The van der Waals surface area contributed by atoms with Crippen molar-refractivity contribution in [3.05, 3.63) is 48.3 Å². The number of imidazole rings is 1. The summed E-state index contributed by atoms with van der Waals surface area (Å²) in [5.74, 6) is 1.70. The summed E-state index contributed by atoms with van der Waals surface area (Å²) in [5.41, 5.74) is 1.12. The summed E-state index contributed by atoms with van der Waals surface area (Å²) in [6.45, 7) is 3.57. The number of nitrogens with zero attached hydrogens (tertiary/aromatic N) is 5. The first-order valence-corrected chi connectivity index (χ1v) is 9.46. The summed E-state index contributed by atoms with van der Waals surface area (Å²) in [7, 11) is 4.17. The average Bonchev–Trinajstić information content (AvgIpc) is 3.14. The van der Waals surface area contributed by atoms with Gasteiger partial charge in [0.25, 0.3) is 0 Å². The van der Waals surface area contributed by atoms with Gasteiger partial charge in [0.15, 0.2) is 0 Å². The summed E-state index contributed by atoms with van der Waals surface area (Å²) >= 11 is 0. The molecule has 1 amide bonds. The van der Waals surface area contributed by atoms with Crippen LogP contribution in [-0.4, -0.2) is 64.0 Å². The van der Waals surface area contributed by atoms with Gasteiger partial charge < -0.3 is 14.4 Å².